The van der Waals surface area contributed by atoms with Gasteiger partial charge in [-0.15, -0.1) is 0 Å². The van der Waals surface area contributed by atoms with Crippen LogP contribution in [0.25, 0.3) is 5.70 Å². The van der Waals surface area contributed by atoms with Gasteiger partial charge in [0.25, 0.3) is 5.91 Å². The Kier molecular flexibility index (Phi) is 8.45. The fourth-order valence-electron chi connectivity index (χ4n) is 4.23. The first kappa shape index (κ1) is 25.7. The number of allylic oxidation sites excluding steroid dienone is 1. The van der Waals surface area contributed by atoms with E-state index in [2.05, 4.69) is 11.9 Å². The summed E-state index contributed by atoms with van der Waals surface area (Å²) in [5.74, 6) is -0.689. The second kappa shape index (κ2) is 11.5. The predicted octanol–water partition coefficient (Wildman–Crippen LogP) is 3.30. The second-order valence-electron chi connectivity index (χ2n) is 9.07. The number of nitriles is 1. The standard InChI is InChI=1S/C28H32N4O3/c1-19(2)27-28(35)32(24(17-31(27)20(3)4)22-13-9-6-10-14-22)18-26(34)30-23(25(33)16-29)15-21-11-7-5-8-12-21/h5-14,17,19,23,25,27,33H,3,15,18H2,1-2,4H3,(H,30,34)/t23-,25?,27?/m0/s1. The summed E-state index contributed by atoms with van der Waals surface area (Å²) in [6.07, 6.45) is 0.764. The number of amides is 2. The van der Waals surface area contributed by atoms with E-state index >= 15 is 0 Å². The minimum absolute atomic E-state index is 0.0235. The molecule has 0 aliphatic carbocycles. The molecule has 35 heavy (non-hydrogen) atoms. The van der Waals surface area contributed by atoms with Gasteiger partial charge in [-0.25, -0.2) is 0 Å². The number of carbonyl (C=O) groups excluding carboxylic acids is 2. The molecule has 2 amide bonds. The molecule has 2 N–H and O–H groups in total. The number of aliphatic hydroxyl groups excluding tert-OH is 1. The molecular formula is C28H32N4O3. The van der Waals surface area contributed by atoms with E-state index in [0.29, 0.717) is 5.70 Å². The van der Waals surface area contributed by atoms with E-state index in [1.807, 2.05) is 98.6 Å². The lowest BCUT2D eigenvalue weighted by molar-refractivity contribution is -0.138. The molecule has 7 nitrogen and oxygen atoms in total. The van der Waals surface area contributed by atoms with Gasteiger partial charge >= 0.3 is 0 Å². The number of hydrogen-bond donors (Lipinski definition) is 2. The highest BCUT2D eigenvalue weighted by Crippen LogP contribution is 2.31. The molecule has 0 radical (unpaired) electrons. The molecule has 1 aliphatic rings. The number of hydrogen-bond acceptors (Lipinski definition) is 5. The molecule has 3 atom stereocenters. The Morgan fingerprint density at radius 3 is 2.29 bits per heavy atom. The van der Waals surface area contributed by atoms with Gasteiger partial charge in [0.05, 0.1) is 17.8 Å². The smallest absolute Gasteiger partial charge is 0.250 e. The highest BCUT2D eigenvalue weighted by molar-refractivity contribution is 5.96. The van der Waals surface area contributed by atoms with Gasteiger partial charge in [-0.05, 0) is 30.4 Å². The van der Waals surface area contributed by atoms with Gasteiger partial charge < -0.3 is 15.3 Å². The Balaban J connectivity index is 1.90. The zero-order valence-electron chi connectivity index (χ0n) is 20.4. The van der Waals surface area contributed by atoms with E-state index < -0.39 is 24.1 Å². The fourth-order valence-corrected chi connectivity index (χ4v) is 4.23. The summed E-state index contributed by atoms with van der Waals surface area (Å²) < 4.78 is 0. The Hall–Kier alpha value is -3.89. The Labute approximate surface area is 207 Å². The van der Waals surface area contributed by atoms with Gasteiger partial charge in [-0.2, -0.15) is 5.26 Å². The predicted molar refractivity (Wildman–Crippen MR) is 135 cm³/mol. The minimum atomic E-state index is -1.39. The van der Waals surface area contributed by atoms with Crippen LogP contribution < -0.4 is 5.32 Å². The second-order valence-corrected chi connectivity index (χ2v) is 9.07. The molecule has 0 aromatic heterocycles. The van der Waals surface area contributed by atoms with Crippen LogP contribution in [-0.2, 0) is 16.0 Å². The quantitative estimate of drug-likeness (QED) is 0.546. The van der Waals surface area contributed by atoms with Crippen LogP contribution in [0.1, 0.15) is 31.9 Å². The van der Waals surface area contributed by atoms with Gasteiger partial charge in [0.1, 0.15) is 12.6 Å². The van der Waals surface area contributed by atoms with Crippen LogP contribution >= 0.6 is 0 Å². The number of rotatable bonds is 9. The maximum atomic E-state index is 13.7. The highest BCUT2D eigenvalue weighted by Gasteiger charge is 2.39. The Bertz CT molecular complexity index is 1120. The molecule has 1 aliphatic heterocycles. The summed E-state index contributed by atoms with van der Waals surface area (Å²) in [4.78, 5) is 30.2. The van der Waals surface area contributed by atoms with Crippen molar-refractivity contribution in [3.05, 3.63) is 90.3 Å². The molecule has 7 heteroatoms. The zero-order valence-corrected chi connectivity index (χ0v) is 20.4. The molecule has 0 bridgehead atoms. The van der Waals surface area contributed by atoms with Crippen molar-refractivity contribution in [3.8, 4) is 6.07 Å². The van der Waals surface area contributed by atoms with E-state index in [1.165, 1.54) is 4.90 Å². The molecule has 2 aromatic carbocycles. The van der Waals surface area contributed by atoms with Crippen molar-refractivity contribution < 1.29 is 14.7 Å². The van der Waals surface area contributed by atoms with Crippen LogP contribution in [-0.4, -0.2) is 51.5 Å². The molecule has 182 valence electrons. The highest BCUT2D eigenvalue weighted by atomic mass is 16.3. The summed E-state index contributed by atoms with van der Waals surface area (Å²) >= 11 is 0. The van der Waals surface area contributed by atoms with E-state index in [1.54, 1.807) is 0 Å². The van der Waals surface area contributed by atoms with Crippen LogP contribution in [0.5, 0.6) is 0 Å². The summed E-state index contributed by atoms with van der Waals surface area (Å²) in [6, 6.07) is 19.2. The molecule has 0 fully saturated rings. The van der Waals surface area contributed by atoms with Crippen LogP contribution in [0, 0.1) is 17.2 Å². The molecule has 0 saturated heterocycles. The van der Waals surface area contributed by atoms with Gasteiger partial charge in [-0.1, -0.05) is 81.1 Å². The lowest BCUT2D eigenvalue weighted by Crippen LogP contribution is -2.55. The van der Waals surface area contributed by atoms with Crippen molar-refractivity contribution >= 4 is 17.5 Å². The average molecular weight is 473 g/mol. The first-order valence-corrected chi connectivity index (χ1v) is 11.7. The summed E-state index contributed by atoms with van der Waals surface area (Å²) in [5.41, 5.74) is 2.99. The number of aliphatic hydroxyl groups is 1. The molecule has 1 heterocycles. The van der Waals surface area contributed by atoms with Crippen LogP contribution in [0.2, 0.25) is 0 Å². The normalized spacial score (nSPS) is 17.4. The lowest BCUT2D eigenvalue weighted by Gasteiger charge is -2.42. The fraction of sp³-hybridized carbons (Fsp3) is 0.321. The topological polar surface area (TPSA) is 96.7 Å². The van der Waals surface area contributed by atoms with E-state index in [-0.39, 0.29) is 24.8 Å². The summed E-state index contributed by atoms with van der Waals surface area (Å²) in [5, 5.41) is 22.3. The van der Waals surface area contributed by atoms with Crippen molar-refractivity contribution in [1.82, 2.24) is 15.1 Å². The third-order valence-corrected chi connectivity index (χ3v) is 5.97. The molecule has 0 saturated carbocycles. The number of benzene rings is 2. The van der Waals surface area contributed by atoms with Gasteiger partial charge in [-0.3, -0.25) is 14.5 Å². The lowest BCUT2D eigenvalue weighted by atomic mass is 9.96. The Morgan fingerprint density at radius 1 is 1.14 bits per heavy atom. The summed E-state index contributed by atoms with van der Waals surface area (Å²) in [6.45, 7) is 9.56. The largest absolute Gasteiger partial charge is 0.376 e. The molecule has 3 rings (SSSR count). The van der Waals surface area contributed by atoms with Crippen LogP contribution in [0.3, 0.4) is 0 Å². The zero-order chi connectivity index (χ0) is 25.5. The minimum Gasteiger partial charge on any atom is -0.376 e. The summed E-state index contributed by atoms with van der Waals surface area (Å²) in [7, 11) is 0. The van der Waals surface area contributed by atoms with Crippen molar-refractivity contribution in [2.75, 3.05) is 6.54 Å². The van der Waals surface area contributed by atoms with Gasteiger partial charge in [0.15, 0.2) is 6.10 Å². The monoisotopic (exact) mass is 472 g/mol. The van der Waals surface area contributed by atoms with Gasteiger partial charge in [0.2, 0.25) is 5.91 Å². The van der Waals surface area contributed by atoms with Crippen molar-refractivity contribution in [2.45, 2.75) is 45.4 Å². The number of nitrogens with zero attached hydrogens (tertiary/aromatic N) is 3. The van der Waals surface area contributed by atoms with Crippen molar-refractivity contribution in [1.29, 1.82) is 5.26 Å². The van der Waals surface area contributed by atoms with E-state index in [9.17, 15) is 20.0 Å². The first-order valence-electron chi connectivity index (χ1n) is 11.7. The maximum absolute atomic E-state index is 13.7. The van der Waals surface area contributed by atoms with Crippen molar-refractivity contribution in [2.24, 2.45) is 5.92 Å². The van der Waals surface area contributed by atoms with Gasteiger partial charge in [0, 0.05) is 11.9 Å². The average Bonchev–Trinajstić information content (AvgIpc) is 2.84. The third-order valence-electron chi connectivity index (χ3n) is 5.97. The third kappa shape index (κ3) is 6.17. The van der Waals surface area contributed by atoms with Crippen LogP contribution in [0.15, 0.2) is 79.1 Å². The molecule has 2 aromatic rings. The van der Waals surface area contributed by atoms with E-state index in [0.717, 1.165) is 16.8 Å². The molecular weight excluding hydrogens is 440 g/mol. The molecule has 2 unspecified atom stereocenters. The number of nitrogens with one attached hydrogen (secondary N) is 1. The number of carbonyl (C=O) groups is 2. The molecule has 0 spiro atoms. The van der Waals surface area contributed by atoms with E-state index in [4.69, 9.17) is 0 Å². The SMILES string of the molecule is C=C(C)N1C=C(c2ccccc2)N(CC(=O)N[C@@H](Cc2ccccc2)C(O)C#N)C(=O)C1C(C)C. The Morgan fingerprint density at radius 2 is 1.74 bits per heavy atom. The maximum Gasteiger partial charge on any atom is 0.250 e. The van der Waals surface area contributed by atoms with Crippen molar-refractivity contribution in [3.63, 3.8) is 0 Å². The first-order chi connectivity index (χ1) is 16.7. The van der Waals surface area contributed by atoms with Crippen LogP contribution in [0.4, 0.5) is 0 Å².